The van der Waals surface area contributed by atoms with Crippen LogP contribution >= 0.6 is 15.9 Å². The molecular weight excluding hydrogens is 523 g/mol. The minimum atomic E-state index is -4.71. The molecular formula is C25H29BrF3N5O. The highest BCUT2D eigenvalue weighted by molar-refractivity contribution is 9.10. The number of rotatable bonds is 8. The van der Waals surface area contributed by atoms with Crippen molar-refractivity contribution in [2.45, 2.75) is 50.6 Å². The lowest BCUT2D eigenvalue weighted by molar-refractivity contribution is -0.274. The van der Waals surface area contributed by atoms with Gasteiger partial charge in [0.1, 0.15) is 11.6 Å². The van der Waals surface area contributed by atoms with Crippen LogP contribution in [-0.2, 0) is 6.42 Å². The Labute approximate surface area is 211 Å². The molecule has 0 radical (unpaired) electrons. The SMILES string of the molecule is CN(C)c1nc(NC2CCC(NCCc3ccc(Br)cc3OC(F)(F)F)CC2)nc2ccccc12. The van der Waals surface area contributed by atoms with Gasteiger partial charge in [0.2, 0.25) is 5.95 Å². The average Bonchev–Trinajstić information content (AvgIpc) is 2.80. The second-order valence-electron chi connectivity index (χ2n) is 8.98. The van der Waals surface area contributed by atoms with Crippen LogP contribution in [0.25, 0.3) is 10.9 Å². The maximum absolute atomic E-state index is 12.7. The number of nitrogens with one attached hydrogen (secondary N) is 2. The van der Waals surface area contributed by atoms with E-state index < -0.39 is 6.36 Å². The van der Waals surface area contributed by atoms with E-state index in [0.717, 1.165) is 42.4 Å². The van der Waals surface area contributed by atoms with Crippen LogP contribution in [0.2, 0.25) is 0 Å². The Morgan fingerprint density at radius 1 is 1.03 bits per heavy atom. The number of benzene rings is 2. The number of nitrogens with zero attached hydrogens (tertiary/aromatic N) is 3. The molecule has 4 rings (SSSR count). The van der Waals surface area contributed by atoms with Gasteiger partial charge in [-0.3, -0.25) is 0 Å². The van der Waals surface area contributed by atoms with E-state index in [-0.39, 0.29) is 11.8 Å². The summed E-state index contributed by atoms with van der Waals surface area (Å²) in [5, 5.41) is 8.01. The van der Waals surface area contributed by atoms with Gasteiger partial charge in [-0.2, -0.15) is 4.98 Å². The molecule has 2 aromatic carbocycles. The van der Waals surface area contributed by atoms with E-state index >= 15 is 0 Å². The molecule has 0 atom stereocenters. The van der Waals surface area contributed by atoms with Gasteiger partial charge in [-0.25, -0.2) is 4.98 Å². The number of anilines is 2. The summed E-state index contributed by atoms with van der Waals surface area (Å²) in [6, 6.07) is 13.3. The standard InChI is InChI=1S/C25H29BrF3N5O/c1-34(2)23-20-5-3-4-6-21(20)32-24(33-23)31-19-11-9-18(10-12-19)30-14-13-16-7-8-17(26)15-22(16)35-25(27,28)29/h3-8,15,18-19,30H,9-14H2,1-2H3,(H,31,32,33). The molecule has 35 heavy (non-hydrogen) atoms. The van der Waals surface area contributed by atoms with Crippen LogP contribution < -0.4 is 20.3 Å². The molecule has 1 aromatic heterocycles. The monoisotopic (exact) mass is 551 g/mol. The van der Waals surface area contributed by atoms with E-state index in [1.807, 2.05) is 43.3 Å². The second kappa shape index (κ2) is 11.0. The third-order valence-electron chi connectivity index (χ3n) is 6.15. The van der Waals surface area contributed by atoms with Crippen LogP contribution in [0.1, 0.15) is 31.2 Å². The zero-order valence-electron chi connectivity index (χ0n) is 19.7. The van der Waals surface area contributed by atoms with Crippen molar-refractivity contribution in [1.29, 1.82) is 0 Å². The Morgan fingerprint density at radius 2 is 1.74 bits per heavy atom. The third-order valence-corrected chi connectivity index (χ3v) is 6.64. The molecule has 1 heterocycles. The molecule has 188 valence electrons. The van der Waals surface area contributed by atoms with Crippen molar-refractivity contribution >= 4 is 38.6 Å². The van der Waals surface area contributed by atoms with Crippen LogP contribution in [-0.4, -0.2) is 49.1 Å². The molecule has 3 aromatic rings. The van der Waals surface area contributed by atoms with Crippen molar-refractivity contribution in [2.24, 2.45) is 0 Å². The molecule has 0 amide bonds. The summed E-state index contributed by atoms with van der Waals surface area (Å²) in [4.78, 5) is 11.4. The molecule has 1 fully saturated rings. The van der Waals surface area contributed by atoms with Crippen LogP contribution in [0.15, 0.2) is 46.9 Å². The quantitative estimate of drug-likeness (QED) is 0.362. The Bertz CT molecular complexity index is 1150. The molecule has 1 aliphatic rings. The molecule has 0 unspecified atom stereocenters. The predicted molar refractivity (Wildman–Crippen MR) is 136 cm³/mol. The maximum atomic E-state index is 12.7. The zero-order chi connectivity index (χ0) is 25.0. The smallest absolute Gasteiger partial charge is 0.405 e. The van der Waals surface area contributed by atoms with E-state index in [9.17, 15) is 13.2 Å². The molecule has 0 saturated heterocycles. The number of halogens is 4. The van der Waals surface area contributed by atoms with E-state index in [4.69, 9.17) is 9.97 Å². The van der Waals surface area contributed by atoms with Gasteiger partial charge in [-0.1, -0.05) is 34.1 Å². The van der Waals surface area contributed by atoms with Crippen LogP contribution in [0, 0.1) is 0 Å². The molecule has 6 nitrogen and oxygen atoms in total. The van der Waals surface area contributed by atoms with E-state index in [2.05, 4.69) is 31.3 Å². The van der Waals surface area contributed by atoms with Gasteiger partial charge >= 0.3 is 6.36 Å². The normalized spacial score (nSPS) is 18.5. The second-order valence-corrected chi connectivity index (χ2v) is 9.89. The van der Waals surface area contributed by atoms with E-state index in [1.165, 1.54) is 6.07 Å². The molecule has 1 aliphatic carbocycles. The molecule has 2 N–H and O–H groups in total. The summed E-state index contributed by atoms with van der Waals surface area (Å²) in [7, 11) is 3.95. The topological polar surface area (TPSA) is 62.3 Å². The number of fused-ring (bicyclic) bond motifs is 1. The molecule has 0 spiro atoms. The number of ether oxygens (including phenoxy) is 1. The Hall–Kier alpha value is -2.59. The number of hydrogen-bond donors (Lipinski definition) is 2. The lowest BCUT2D eigenvalue weighted by Gasteiger charge is -2.30. The summed E-state index contributed by atoms with van der Waals surface area (Å²) in [6.45, 7) is 0.582. The van der Waals surface area contributed by atoms with Crippen molar-refractivity contribution in [3.05, 3.63) is 52.5 Å². The minimum absolute atomic E-state index is 0.158. The first-order valence-corrected chi connectivity index (χ1v) is 12.5. The van der Waals surface area contributed by atoms with Crippen molar-refractivity contribution in [1.82, 2.24) is 15.3 Å². The maximum Gasteiger partial charge on any atom is 0.573 e. The van der Waals surface area contributed by atoms with Gasteiger partial charge in [0.05, 0.1) is 5.52 Å². The first-order valence-electron chi connectivity index (χ1n) is 11.7. The number of hydrogen-bond acceptors (Lipinski definition) is 6. The van der Waals surface area contributed by atoms with Gasteiger partial charge in [-0.15, -0.1) is 13.2 Å². The molecule has 0 aliphatic heterocycles. The lowest BCUT2D eigenvalue weighted by Crippen LogP contribution is -2.38. The first kappa shape index (κ1) is 25.5. The summed E-state index contributed by atoms with van der Waals surface area (Å²) in [6.07, 6.45) is -0.390. The highest BCUT2D eigenvalue weighted by Gasteiger charge is 2.32. The minimum Gasteiger partial charge on any atom is -0.405 e. The average molecular weight is 552 g/mol. The Kier molecular flexibility index (Phi) is 8.01. The largest absolute Gasteiger partial charge is 0.573 e. The van der Waals surface area contributed by atoms with Gasteiger partial charge in [0.15, 0.2) is 0 Å². The zero-order valence-corrected chi connectivity index (χ0v) is 21.3. The molecule has 10 heteroatoms. The molecule has 1 saturated carbocycles. The highest BCUT2D eigenvalue weighted by atomic mass is 79.9. The number of para-hydroxylation sites is 1. The summed E-state index contributed by atoms with van der Waals surface area (Å²) in [5.74, 6) is 1.36. The summed E-state index contributed by atoms with van der Waals surface area (Å²) >= 11 is 3.21. The van der Waals surface area contributed by atoms with Crippen molar-refractivity contribution in [2.75, 3.05) is 30.9 Å². The number of aromatic nitrogens is 2. The van der Waals surface area contributed by atoms with Crippen molar-refractivity contribution in [3.63, 3.8) is 0 Å². The fourth-order valence-corrected chi connectivity index (χ4v) is 4.80. The van der Waals surface area contributed by atoms with Crippen molar-refractivity contribution in [3.8, 4) is 5.75 Å². The van der Waals surface area contributed by atoms with Crippen LogP contribution in [0.5, 0.6) is 5.75 Å². The van der Waals surface area contributed by atoms with Gasteiger partial charge in [0, 0.05) is 36.0 Å². The van der Waals surface area contributed by atoms with Gasteiger partial charge < -0.3 is 20.3 Å². The lowest BCUT2D eigenvalue weighted by atomic mass is 9.91. The van der Waals surface area contributed by atoms with Gasteiger partial charge in [0.25, 0.3) is 0 Å². The summed E-state index contributed by atoms with van der Waals surface area (Å²) in [5.41, 5.74) is 1.43. The Balaban J connectivity index is 1.29. The van der Waals surface area contributed by atoms with Gasteiger partial charge in [-0.05, 0) is 68.5 Å². The van der Waals surface area contributed by atoms with Crippen LogP contribution in [0.4, 0.5) is 24.9 Å². The number of alkyl halides is 3. The molecule has 0 bridgehead atoms. The van der Waals surface area contributed by atoms with E-state index in [0.29, 0.717) is 35.0 Å². The predicted octanol–water partition coefficient (Wildman–Crippen LogP) is 5.91. The Morgan fingerprint density at radius 3 is 2.46 bits per heavy atom. The fraction of sp³-hybridized carbons (Fsp3) is 0.440. The van der Waals surface area contributed by atoms with E-state index in [1.54, 1.807) is 12.1 Å². The summed E-state index contributed by atoms with van der Waals surface area (Å²) < 4.78 is 42.9. The van der Waals surface area contributed by atoms with Crippen LogP contribution in [0.3, 0.4) is 0 Å². The highest BCUT2D eigenvalue weighted by Crippen LogP contribution is 2.30. The van der Waals surface area contributed by atoms with Crippen molar-refractivity contribution < 1.29 is 17.9 Å². The third kappa shape index (κ3) is 6.98. The first-order chi connectivity index (χ1) is 16.7. The fourth-order valence-electron chi connectivity index (χ4n) is 4.46.